The number of pyridine rings is 1. The van der Waals surface area contributed by atoms with Crippen LogP contribution in [0, 0.1) is 5.82 Å². The number of anilines is 2. The molecule has 0 unspecified atom stereocenters. The van der Waals surface area contributed by atoms with Crippen LogP contribution in [-0.4, -0.2) is 33.6 Å². The van der Waals surface area contributed by atoms with E-state index < -0.39 is 30.1 Å². The smallest absolute Gasteiger partial charge is 0.371 e. The monoisotopic (exact) mass is 471 g/mol. The Balaban J connectivity index is 1.51. The van der Waals surface area contributed by atoms with Crippen LogP contribution in [-0.2, 0) is 11.0 Å². The van der Waals surface area contributed by atoms with E-state index in [0.717, 1.165) is 12.4 Å². The predicted molar refractivity (Wildman–Crippen MR) is 105 cm³/mol. The van der Waals surface area contributed by atoms with E-state index in [0.29, 0.717) is 23.9 Å². The lowest BCUT2D eigenvalue weighted by atomic mass is 10.1. The highest BCUT2D eigenvalue weighted by Gasteiger charge is 2.41. The van der Waals surface area contributed by atoms with E-state index in [1.165, 1.54) is 18.2 Å². The maximum Gasteiger partial charge on any atom is 0.417 e. The molecule has 1 aliphatic rings. The fourth-order valence-corrected chi connectivity index (χ4v) is 3.16. The fourth-order valence-electron chi connectivity index (χ4n) is 3.16. The highest BCUT2D eigenvalue weighted by atomic mass is 19.4. The molecule has 0 saturated heterocycles. The van der Waals surface area contributed by atoms with E-state index in [2.05, 4.69) is 30.7 Å². The van der Waals surface area contributed by atoms with Crippen molar-refractivity contribution in [2.45, 2.75) is 31.1 Å². The second kappa shape index (κ2) is 8.69. The van der Waals surface area contributed by atoms with Crippen molar-refractivity contribution in [1.29, 1.82) is 0 Å². The van der Waals surface area contributed by atoms with E-state index in [9.17, 15) is 26.3 Å². The number of alkyl halides is 5. The molecule has 0 spiro atoms. The van der Waals surface area contributed by atoms with Gasteiger partial charge in [0, 0.05) is 17.8 Å². The molecular weight excluding hydrogens is 456 g/mol. The molecule has 2 heterocycles. The van der Waals surface area contributed by atoms with Gasteiger partial charge in [0.15, 0.2) is 5.82 Å². The minimum absolute atomic E-state index is 0.0173. The molecule has 0 amide bonds. The standard InChI is InChI=1S/C19H15F6N7O/c20-12-2-1-9(4-10(12)11-5-13(11)32-33-18(26)31-17(21)22)30-16-15-14(28-7-29-16)3-8(6-27-15)19(23,24)25/h1-4,6-7,11,13,17,32H,5H2,(H2,26,31)(H,28,29,30)/t11-,13-/m1/s1. The Morgan fingerprint density at radius 2 is 1.97 bits per heavy atom. The summed E-state index contributed by atoms with van der Waals surface area (Å²) in [5, 5.41) is 2.91. The lowest BCUT2D eigenvalue weighted by Crippen LogP contribution is -2.29. The first-order valence-electron chi connectivity index (χ1n) is 9.40. The summed E-state index contributed by atoms with van der Waals surface area (Å²) in [6.45, 7) is -3.02. The maximum absolute atomic E-state index is 14.4. The van der Waals surface area contributed by atoms with Gasteiger partial charge in [0.2, 0.25) is 0 Å². The van der Waals surface area contributed by atoms with Gasteiger partial charge >= 0.3 is 18.7 Å². The summed E-state index contributed by atoms with van der Waals surface area (Å²) in [5.41, 5.74) is 7.46. The summed E-state index contributed by atoms with van der Waals surface area (Å²) in [7, 11) is 0. The summed E-state index contributed by atoms with van der Waals surface area (Å²) in [5.74, 6) is -0.707. The second-order valence-corrected chi connectivity index (χ2v) is 7.09. The van der Waals surface area contributed by atoms with Crippen LogP contribution in [0.2, 0.25) is 0 Å². The molecule has 14 heteroatoms. The summed E-state index contributed by atoms with van der Waals surface area (Å²) < 4.78 is 77.4. The van der Waals surface area contributed by atoms with E-state index in [4.69, 9.17) is 10.6 Å². The Kier molecular flexibility index (Phi) is 5.93. The van der Waals surface area contributed by atoms with Gasteiger partial charge in [-0.1, -0.05) is 0 Å². The first kappa shape index (κ1) is 22.5. The van der Waals surface area contributed by atoms with E-state index >= 15 is 0 Å². The quantitative estimate of drug-likeness (QED) is 0.165. The van der Waals surface area contributed by atoms with Crippen molar-refractivity contribution in [2.24, 2.45) is 10.7 Å². The average molecular weight is 471 g/mol. The zero-order valence-electron chi connectivity index (χ0n) is 16.4. The normalized spacial score (nSPS) is 18.6. The lowest BCUT2D eigenvalue weighted by Gasteiger charge is -2.12. The molecule has 174 valence electrons. The molecule has 1 aliphatic carbocycles. The number of nitrogens with two attached hydrogens (primary N) is 1. The molecule has 2 aromatic heterocycles. The number of hydroxylamine groups is 1. The Bertz CT molecular complexity index is 1200. The number of halogens is 6. The number of aromatic nitrogens is 3. The average Bonchev–Trinajstić information content (AvgIpc) is 3.52. The van der Waals surface area contributed by atoms with Crippen molar-refractivity contribution in [2.75, 3.05) is 5.32 Å². The first-order chi connectivity index (χ1) is 15.6. The molecule has 4 N–H and O–H groups in total. The van der Waals surface area contributed by atoms with Crippen LogP contribution in [0.5, 0.6) is 0 Å². The minimum atomic E-state index is -4.57. The molecule has 1 aromatic carbocycles. The van der Waals surface area contributed by atoms with Gasteiger partial charge in [-0.15, -0.1) is 5.48 Å². The Hall–Kier alpha value is -3.68. The molecule has 0 bridgehead atoms. The van der Waals surface area contributed by atoms with Crippen molar-refractivity contribution < 1.29 is 31.2 Å². The Labute approximate surface area is 181 Å². The molecule has 0 aliphatic heterocycles. The molecule has 2 atom stereocenters. The molecule has 33 heavy (non-hydrogen) atoms. The third-order valence-electron chi connectivity index (χ3n) is 4.79. The summed E-state index contributed by atoms with van der Waals surface area (Å²) in [6, 6.07) is 3.85. The Morgan fingerprint density at radius 1 is 1.18 bits per heavy atom. The fraction of sp³-hybridized carbons (Fsp3) is 0.263. The lowest BCUT2D eigenvalue weighted by molar-refractivity contribution is -0.137. The van der Waals surface area contributed by atoms with Gasteiger partial charge < -0.3 is 15.9 Å². The van der Waals surface area contributed by atoms with Crippen LogP contribution >= 0.6 is 0 Å². The number of hydrogen-bond donors (Lipinski definition) is 3. The third-order valence-corrected chi connectivity index (χ3v) is 4.79. The SMILES string of the molecule is NC(=NC(F)F)ON[C@@H]1C[C@@H]1c1cc(Nc2ncnc3cc(C(F)(F)F)cnc23)ccc1F. The van der Waals surface area contributed by atoms with Gasteiger partial charge in [-0.05, 0) is 36.2 Å². The summed E-state index contributed by atoms with van der Waals surface area (Å²) in [4.78, 5) is 19.1. The van der Waals surface area contributed by atoms with Crippen LogP contribution in [0.25, 0.3) is 11.0 Å². The van der Waals surface area contributed by atoms with Gasteiger partial charge in [0.1, 0.15) is 17.7 Å². The van der Waals surface area contributed by atoms with E-state index in [-0.39, 0.29) is 28.8 Å². The highest BCUT2D eigenvalue weighted by molar-refractivity contribution is 5.87. The number of aliphatic imine (C=N–C) groups is 1. The zero-order valence-corrected chi connectivity index (χ0v) is 16.4. The van der Waals surface area contributed by atoms with Crippen LogP contribution in [0.3, 0.4) is 0 Å². The summed E-state index contributed by atoms with van der Waals surface area (Å²) >= 11 is 0. The topological polar surface area (TPSA) is 110 Å². The predicted octanol–water partition coefficient (Wildman–Crippen LogP) is 3.84. The molecule has 3 aromatic rings. The maximum atomic E-state index is 14.4. The van der Waals surface area contributed by atoms with Crippen molar-refractivity contribution in [3.05, 3.63) is 53.7 Å². The van der Waals surface area contributed by atoms with Crippen LogP contribution in [0.4, 0.5) is 37.8 Å². The number of nitrogens with zero attached hydrogens (tertiary/aromatic N) is 4. The number of nitrogens with one attached hydrogen (secondary N) is 2. The number of fused-ring (bicyclic) bond motifs is 1. The molecule has 1 fully saturated rings. The number of amidine groups is 1. The Morgan fingerprint density at radius 3 is 2.70 bits per heavy atom. The highest BCUT2D eigenvalue weighted by Crippen LogP contribution is 2.43. The molecule has 0 radical (unpaired) electrons. The van der Waals surface area contributed by atoms with Crippen molar-refractivity contribution in [3.8, 4) is 0 Å². The van der Waals surface area contributed by atoms with Crippen molar-refractivity contribution in [3.63, 3.8) is 0 Å². The third kappa shape index (κ3) is 5.22. The summed E-state index contributed by atoms with van der Waals surface area (Å²) in [6.07, 6.45) is -2.36. The van der Waals surface area contributed by atoms with Crippen molar-refractivity contribution >= 4 is 28.6 Å². The van der Waals surface area contributed by atoms with Gasteiger partial charge in [0.05, 0.1) is 17.1 Å². The van der Waals surface area contributed by atoms with E-state index in [1.807, 2.05) is 0 Å². The number of benzene rings is 1. The van der Waals surface area contributed by atoms with Crippen LogP contribution in [0.15, 0.2) is 41.8 Å². The molecular formula is C19H15F6N7O. The first-order valence-corrected chi connectivity index (χ1v) is 9.40. The molecule has 4 rings (SSSR count). The van der Waals surface area contributed by atoms with Crippen LogP contribution in [0.1, 0.15) is 23.5 Å². The van der Waals surface area contributed by atoms with Gasteiger partial charge in [-0.2, -0.15) is 26.9 Å². The minimum Gasteiger partial charge on any atom is -0.371 e. The van der Waals surface area contributed by atoms with Gasteiger partial charge in [-0.25, -0.2) is 14.4 Å². The van der Waals surface area contributed by atoms with Crippen molar-refractivity contribution in [1.82, 2.24) is 20.4 Å². The van der Waals surface area contributed by atoms with Gasteiger partial charge in [0.25, 0.3) is 0 Å². The molecule has 1 saturated carbocycles. The second-order valence-electron chi connectivity index (χ2n) is 7.09. The van der Waals surface area contributed by atoms with Gasteiger partial charge in [-0.3, -0.25) is 4.98 Å². The van der Waals surface area contributed by atoms with E-state index in [1.54, 1.807) is 0 Å². The van der Waals surface area contributed by atoms with Crippen LogP contribution < -0.4 is 16.5 Å². The number of rotatable bonds is 6. The largest absolute Gasteiger partial charge is 0.417 e. The molecule has 8 nitrogen and oxygen atoms in total. The zero-order chi connectivity index (χ0) is 23.8. The number of hydrogen-bond acceptors (Lipinski definition) is 7.